The van der Waals surface area contributed by atoms with E-state index in [2.05, 4.69) is 30.1 Å². The second-order valence-corrected chi connectivity index (χ2v) is 11.4. The Bertz CT molecular complexity index is 1370. The summed E-state index contributed by atoms with van der Waals surface area (Å²) in [5.74, 6) is 2.11. The Hall–Kier alpha value is -3.90. The first-order valence-electron chi connectivity index (χ1n) is 14.3. The summed E-state index contributed by atoms with van der Waals surface area (Å²) in [7, 11) is 0. The van der Waals surface area contributed by atoms with Crippen molar-refractivity contribution in [3.05, 3.63) is 101 Å². The van der Waals surface area contributed by atoms with Gasteiger partial charge in [-0.15, -0.1) is 0 Å². The highest BCUT2D eigenvalue weighted by molar-refractivity contribution is 6.09. The summed E-state index contributed by atoms with van der Waals surface area (Å²) in [4.78, 5) is 30.5. The van der Waals surface area contributed by atoms with Crippen LogP contribution in [-0.4, -0.2) is 42.9 Å². The number of piperidine rings is 1. The smallest absolute Gasteiger partial charge is 0.294 e. The summed E-state index contributed by atoms with van der Waals surface area (Å²) in [6.45, 7) is 11.1. The van der Waals surface area contributed by atoms with Gasteiger partial charge in [0.1, 0.15) is 0 Å². The van der Waals surface area contributed by atoms with Crippen LogP contribution in [0.15, 0.2) is 78.6 Å². The first-order valence-corrected chi connectivity index (χ1v) is 14.3. The van der Waals surface area contributed by atoms with Crippen LogP contribution in [-0.2, 0) is 11.3 Å². The molecule has 0 saturated carbocycles. The van der Waals surface area contributed by atoms with E-state index in [1.54, 1.807) is 23.1 Å². The maximum atomic E-state index is 13.5. The lowest BCUT2D eigenvalue weighted by Crippen LogP contribution is -2.40. The van der Waals surface area contributed by atoms with E-state index >= 15 is 0 Å². The molecule has 6 heteroatoms. The van der Waals surface area contributed by atoms with Crippen LogP contribution in [0.4, 0.5) is 5.69 Å². The average Bonchev–Trinajstić information content (AvgIpc) is 2.93. The Morgan fingerprint density at radius 1 is 1.00 bits per heavy atom. The Morgan fingerprint density at radius 2 is 1.75 bits per heavy atom. The average molecular weight is 538 g/mol. The van der Waals surface area contributed by atoms with Crippen molar-refractivity contribution in [2.45, 2.75) is 40.2 Å². The van der Waals surface area contributed by atoms with Crippen molar-refractivity contribution in [1.29, 1.82) is 0 Å². The van der Waals surface area contributed by atoms with Gasteiger partial charge in [0.15, 0.2) is 11.5 Å². The highest BCUT2D eigenvalue weighted by Gasteiger charge is 2.30. The second-order valence-electron chi connectivity index (χ2n) is 11.4. The van der Waals surface area contributed by atoms with E-state index in [0.717, 1.165) is 60.3 Å². The third kappa shape index (κ3) is 6.80. The number of aryl methyl sites for hydroxylation is 1. The standard InChI is InChI=1S/C34H39N3O3/c1-24-8-6-9-28(19-24)23-37-30-10-4-5-11-31(30)40-32(34(37)39)20-27-12-14-29(15-13-27)33(38)35-16-7-17-36-21-25(2)18-26(3)22-36/h4-6,8-15,19-20,25-26H,7,16-18,21-23H2,1-3H3,(H,35,38)/b32-20+/t25-,26-/m0/s1. The van der Waals surface area contributed by atoms with Gasteiger partial charge in [-0.1, -0.05) is 67.9 Å². The number of nitrogens with zero attached hydrogens (tertiary/aromatic N) is 2. The fraction of sp³-hybridized carbons (Fsp3) is 0.353. The molecule has 0 radical (unpaired) electrons. The zero-order valence-electron chi connectivity index (χ0n) is 23.7. The maximum Gasteiger partial charge on any atom is 0.294 e. The number of nitrogens with one attached hydrogen (secondary N) is 1. The molecule has 2 heterocycles. The summed E-state index contributed by atoms with van der Waals surface area (Å²) < 4.78 is 6.03. The van der Waals surface area contributed by atoms with Crippen molar-refractivity contribution in [1.82, 2.24) is 10.2 Å². The number of hydrogen-bond donors (Lipinski definition) is 1. The normalized spacial score (nSPS) is 20.2. The lowest BCUT2D eigenvalue weighted by Gasteiger charge is -2.34. The van der Waals surface area contributed by atoms with Gasteiger partial charge < -0.3 is 15.0 Å². The minimum absolute atomic E-state index is 0.0807. The van der Waals surface area contributed by atoms with Crippen LogP contribution >= 0.6 is 0 Å². The lowest BCUT2D eigenvalue weighted by molar-refractivity contribution is -0.117. The number of carbonyl (C=O) groups is 2. The summed E-state index contributed by atoms with van der Waals surface area (Å²) in [5, 5.41) is 3.05. The zero-order valence-corrected chi connectivity index (χ0v) is 23.7. The van der Waals surface area contributed by atoms with Gasteiger partial charge in [-0.3, -0.25) is 14.5 Å². The van der Waals surface area contributed by atoms with Crippen LogP contribution < -0.4 is 15.0 Å². The maximum absolute atomic E-state index is 13.5. The van der Waals surface area contributed by atoms with Crippen LogP contribution in [0.1, 0.15) is 53.7 Å². The van der Waals surface area contributed by atoms with Crippen LogP contribution in [0.2, 0.25) is 0 Å². The number of carbonyl (C=O) groups excluding carboxylic acids is 2. The number of benzene rings is 3. The topological polar surface area (TPSA) is 61.9 Å². The molecule has 2 atom stereocenters. The van der Waals surface area contributed by atoms with E-state index in [0.29, 0.717) is 24.4 Å². The molecule has 0 aliphatic carbocycles. The van der Waals surface area contributed by atoms with Crippen molar-refractivity contribution in [3.8, 4) is 5.75 Å². The Morgan fingerprint density at radius 3 is 2.50 bits per heavy atom. The van der Waals surface area contributed by atoms with E-state index < -0.39 is 0 Å². The summed E-state index contributed by atoms with van der Waals surface area (Å²) in [6, 6.07) is 23.0. The second kappa shape index (κ2) is 12.5. The number of fused-ring (bicyclic) bond motifs is 1. The summed E-state index contributed by atoms with van der Waals surface area (Å²) >= 11 is 0. The van der Waals surface area contributed by atoms with Crippen molar-refractivity contribution in [2.75, 3.05) is 31.1 Å². The van der Waals surface area contributed by atoms with E-state index in [-0.39, 0.29) is 17.6 Å². The predicted octanol–water partition coefficient (Wildman–Crippen LogP) is 6.06. The first-order chi connectivity index (χ1) is 19.4. The fourth-order valence-corrected chi connectivity index (χ4v) is 5.88. The van der Waals surface area contributed by atoms with E-state index in [1.807, 2.05) is 61.5 Å². The number of amides is 2. The molecule has 6 nitrogen and oxygen atoms in total. The molecule has 3 aromatic rings. The predicted molar refractivity (Wildman–Crippen MR) is 160 cm³/mol. The van der Waals surface area contributed by atoms with E-state index in [4.69, 9.17) is 4.74 Å². The number of likely N-dealkylation sites (tertiary alicyclic amines) is 1. The van der Waals surface area contributed by atoms with Crippen molar-refractivity contribution >= 4 is 23.6 Å². The molecule has 1 saturated heterocycles. The molecule has 208 valence electrons. The van der Waals surface area contributed by atoms with Crippen LogP contribution in [0.3, 0.4) is 0 Å². The van der Waals surface area contributed by atoms with Gasteiger partial charge >= 0.3 is 0 Å². The minimum Gasteiger partial charge on any atom is -0.449 e. The fourth-order valence-electron chi connectivity index (χ4n) is 5.88. The Labute approximate surface area is 237 Å². The molecule has 2 aliphatic rings. The third-order valence-electron chi connectivity index (χ3n) is 7.61. The lowest BCUT2D eigenvalue weighted by atomic mass is 9.92. The van der Waals surface area contributed by atoms with Gasteiger partial charge in [0.05, 0.1) is 12.2 Å². The molecule has 0 unspecified atom stereocenters. The van der Waals surface area contributed by atoms with Crippen molar-refractivity contribution < 1.29 is 14.3 Å². The molecule has 1 N–H and O–H groups in total. The molecule has 1 fully saturated rings. The largest absolute Gasteiger partial charge is 0.449 e. The molecule has 0 bridgehead atoms. The quantitative estimate of drug-likeness (QED) is 0.280. The third-order valence-corrected chi connectivity index (χ3v) is 7.61. The highest BCUT2D eigenvalue weighted by atomic mass is 16.5. The molecule has 5 rings (SSSR count). The van der Waals surface area contributed by atoms with Gasteiger partial charge in [-0.2, -0.15) is 0 Å². The van der Waals surface area contributed by atoms with Gasteiger partial charge in [0, 0.05) is 25.2 Å². The summed E-state index contributed by atoms with van der Waals surface area (Å²) in [5.41, 5.74) is 4.35. The summed E-state index contributed by atoms with van der Waals surface area (Å²) in [6.07, 6.45) is 3.98. The Balaban J connectivity index is 1.21. The highest BCUT2D eigenvalue weighted by Crippen LogP contribution is 2.36. The first kappa shape index (κ1) is 27.7. The molecular formula is C34H39N3O3. The minimum atomic E-state index is -0.195. The van der Waals surface area contributed by atoms with E-state index in [9.17, 15) is 9.59 Å². The molecule has 2 amide bonds. The zero-order chi connectivity index (χ0) is 28.1. The molecule has 0 spiro atoms. The van der Waals surface area contributed by atoms with Gasteiger partial charge in [-0.05, 0) is 79.6 Å². The molecule has 3 aromatic carbocycles. The molecule has 2 aliphatic heterocycles. The monoisotopic (exact) mass is 537 g/mol. The number of anilines is 1. The number of para-hydroxylation sites is 2. The molecular weight excluding hydrogens is 498 g/mol. The number of hydrogen-bond acceptors (Lipinski definition) is 4. The van der Waals surface area contributed by atoms with Gasteiger partial charge in [0.25, 0.3) is 11.8 Å². The number of rotatable bonds is 8. The van der Waals surface area contributed by atoms with Crippen LogP contribution in [0.25, 0.3) is 6.08 Å². The van der Waals surface area contributed by atoms with Crippen molar-refractivity contribution in [2.24, 2.45) is 11.8 Å². The van der Waals surface area contributed by atoms with Crippen molar-refractivity contribution in [3.63, 3.8) is 0 Å². The SMILES string of the molecule is Cc1cccc(CN2C(=O)/C(=C\c3ccc(C(=O)NCCCN4C[C@@H](C)C[C@H](C)C4)cc3)Oc3ccccc32)c1. The van der Waals surface area contributed by atoms with Gasteiger partial charge in [-0.25, -0.2) is 0 Å². The van der Waals surface area contributed by atoms with Gasteiger partial charge in [0.2, 0.25) is 0 Å². The molecule has 40 heavy (non-hydrogen) atoms. The Kier molecular flexibility index (Phi) is 8.66. The van der Waals surface area contributed by atoms with Crippen LogP contribution in [0.5, 0.6) is 5.75 Å². The van der Waals surface area contributed by atoms with Crippen LogP contribution in [0, 0.1) is 18.8 Å². The van der Waals surface area contributed by atoms with E-state index in [1.165, 1.54) is 6.42 Å². The molecule has 0 aromatic heterocycles. The number of ether oxygens (including phenoxy) is 1.